The third kappa shape index (κ3) is 5.39. The molecule has 4 unspecified atom stereocenters. The van der Waals surface area contributed by atoms with E-state index in [9.17, 15) is 5.11 Å². The van der Waals surface area contributed by atoms with Gasteiger partial charge in [0.15, 0.2) is 0 Å². The Hall–Kier alpha value is -2.66. The van der Waals surface area contributed by atoms with Crippen molar-refractivity contribution in [3.63, 3.8) is 0 Å². The molecule has 1 aliphatic heterocycles. The number of piperidine rings is 1. The largest absolute Gasteiger partial charge is 0.489 e. The van der Waals surface area contributed by atoms with Gasteiger partial charge in [-0.15, -0.1) is 0 Å². The SMILES string of the molecule is CCOC1CC(O)C(c2ccc(OCc3ccccc3)cc2)N(C(C)c2ccccc2)C1. The zero-order chi connectivity index (χ0) is 22.3. The Morgan fingerprint density at radius 3 is 2.25 bits per heavy atom. The highest BCUT2D eigenvalue weighted by atomic mass is 16.5. The molecule has 4 rings (SSSR count). The van der Waals surface area contributed by atoms with Crippen LogP contribution in [0, 0.1) is 0 Å². The molecule has 0 radical (unpaired) electrons. The van der Waals surface area contributed by atoms with Gasteiger partial charge in [0.05, 0.1) is 18.2 Å². The maximum atomic E-state index is 11.2. The fraction of sp³-hybridized carbons (Fsp3) is 0.357. The van der Waals surface area contributed by atoms with E-state index in [1.807, 2.05) is 43.3 Å². The van der Waals surface area contributed by atoms with E-state index in [0.717, 1.165) is 23.4 Å². The molecule has 0 aliphatic carbocycles. The van der Waals surface area contributed by atoms with Crippen LogP contribution in [-0.4, -0.2) is 35.4 Å². The summed E-state index contributed by atoms with van der Waals surface area (Å²) in [5.41, 5.74) is 3.48. The lowest BCUT2D eigenvalue weighted by atomic mass is 9.88. The normalized spacial score (nSPS) is 22.4. The van der Waals surface area contributed by atoms with Crippen LogP contribution < -0.4 is 4.74 Å². The summed E-state index contributed by atoms with van der Waals surface area (Å²) in [6.07, 6.45) is 0.177. The maximum Gasteiger partial charge on any atom is 0.119 e. The minimum Gasteiger partial charge on any atom is -0.489 e. The second-order valence-electron chi connectivity index (χ2n) is 8.45. The van der Waals surface area contributed by atoms with Gasteiger partial charge in [0, 0.05) is 25.6 Å². The Morgan fingerprint density at radius 1 is 0.938 bits per heavy atom. The molecule has 4 heteroatoms. The molecule has 1 fully saturated rings. The molecule has 0 amide bonds. The topological polar surface area (TPSA) is 41.9 Å². The summed E-state index contributed by atoms with van der Waals surface area (Å²) in [6, 6.07) is 28.9. The Kier molecular flexibility index (Phi) is 7.59. The summed E-state index contributed by atoms with van der Waals surface area (Å²) in [5, 5.41) is 11.2. The zero-order valence-corrected chi connectivity index (χ0v) is 18.9. The molecule has 1 saturated heterocycles. The third-order valence-electron chi connectivity index (χ3n) is 6.29. The monoisotopic (exact) mass is 431 g/mol. The van der Waals surface area contributed by atoms with Gasteiger partial charge in [-0.3, -0.25) is 4.90 Å². The van der Waals surface area contributed by atoms with Crippen molar-refractivity contribution in [3.05, 3.63) is 102 Å². The Balaban J connectivity index is 1.53. The maximum absolute atomic E-state index is 11.2. The molecule has 0 spiro atoms. The lowest BCUT2D eigenvalue weighted by molar-refractivity contribution is -0.0892. The fourth-order valence-electron chi connectivity index (χ4n) is 4.64. The molecule has 3 aromatic rings. The number of hydrogen-bond acceptors (Lipinski definition) is 4. The molecule has 1 heterocycles. The van der Waals surface area contributed by atoms with Crippen molar-refractivity contribution >= 4 is 0 Å². The van der Waals surface area contributed by atoms with E-state index in [1.54, 1.807) is 0 Å². The molecule has 4 nitrogen and oxygen atoms in total. The van der Waals surface area contributed by atoms with Crippen LogP contribution in [0.3, 0.4) is 0 Å². The number of aliphatic hydroxyl groups is 1. The van der Waals surface area contributed by atoms with Gasteiger partial charge in [-0.2, -0.15) is 0 Å². The Labute approximate surface area is 191 Å². The van der Waals surface area contributed by atoms with E-state index in [-0.39, 0.29) is 18.2 Å². The predicted molar refractivity (Wildman–Crippen MR) is 128 cm³/mol. The average molecular weight is 432 g/mol. The molecule has 32 heavy (non-hydrogen) atoms. The number of hydrogen-bond donors (Lipinski definition) is 1. The average Bonchev–Trinajstić information content (AvgIpc) is 2.84. The van der Waals surface area contributed by atoms with E-state index in [2.05, 4.69) is 60.4 Å². The number of rotatable bonds is 8. The summed E-state index contributed by atoms with van der Waals surface area (Å²) in [5.74, 6) is 0.831. The second kappa shape index (κ2) is 10.8. The highest BCUT2D eigenvalue weighted by Gasteiger charge is 2.39. The second-order valence-corrected chi connectivity index (χ2v) is 8.45. The van der Waals surface area contributed by atoms with Crippen LogP contribution in [0.25, 0.3) is 0 Å². The van der Waals surface area contributed by atoms with Crippen molar-refractivity contribution in [2.24, 2.45) is 0 Å². The first-order chi connectivity index (χ1) is 15.7. The predicted octanol–water partition coefficient (Wildman–Crippen LogP) is 5.54. The van der Waals surface area contributed by atoms with Gasteiger partial charge >= 0.3 is 0 Å². The smallest absolute Gasteiger partial charge is 0.119 e. The molecule has 0 saturated carbocycles. The number of benzene rings is 3. The summed E-state index contributed by atoms with van der Waals surface area (Å²) < 4.78 is 11.9. The lowest BCUT2D eigenvalue weighted by Crippen LogP contribution is -2.49. The molecule has 4 atom stereocenters. The molecule has 168 valence electrons. The highest BCUT2D eigenvalue weighted by molar-refractivity contribution is 5.31. The fourth-order valence-corrected chi connectivity index (χ4v) is 4.64. The van der Waals surface area contributed by atoms with E-state index < -0.39 is 6.10 Å². The Morgan fingerprint density at radius 2 is 1.59 bits per heavy atom. The van der Waals surface area contributed by atoms with Gasteiger partial charge in [0.1, 0.15) is 12.4 Å². The van der Waals surface area contributed by atoms with Crippen LogP contribution >= 0.6 is 0 Å². The molecule has 1 N–H and O–H groups in total. The molecule has 3 aromatic carbocycles. The van der Waals surface area contributed by atoms with E-state index >= 15 is 0 Å². The molecule has 1 aliphatic rings. The summed E-state index contributed by atoms with van der Waals surface area (Å²) in [4.78, 5) is 2.38. The Bertz CT molecular complexity index is 945. The van der Waals surface area contributed by atoms with Crippen LogP contribution in [0.15, 0.2) is 84.9 Å². The van der Waals surface area contributed by atoms with Crippen molar-refractivity contribution in [1.29, 1.82) is 0 Å². The van der Waals surface area contributed by atoms with Gasteiger partial charge in [-0.1, -0.05) is 72.8 Å². The molecular formula is C28H33NO3. The quantitative estimate of drug-likeness (QED) is 0.508. The van der Waals surface area contributed by atoms with Crippen molar-refractivity contribution < 1.29 is 14.6 Å². The van der Waals surface area contributed by atoms with Crippen LogP contribution in [-0.2, 0) is 11.3 Å². The summed E-state index contributed by atoms with van der Waals surface area (Å²) >= 11 is 0. The molecule has 0 aromatic heterocycles. The molecule has 0 bridgehead atoms. The minimum absolute atomic E-state index is 0.0332. The van der Waals surface area contributed by atoms with Crippen molar-refractivity contribution in [3.8, 4) is 5.75 Å². The van der Waals surface area contributed by atoms with Crippen molar-refractivity contribution in [1.82, 2.24) is 4.90 Å². The summed E-state index contributed by atoms with van der Waals surface area (Å²) in [7, 11) is 0. The first-order valence-electron chi connectivity index (χ1n) is 11.5. The summed E-state index contributed by atoms with van der Waals surface area (Å²) in [6.45, 7) is 6.21. The van der Waals surface area contributed by atoms with Crippen LogP contribution in [0.5, 0.6) is 5.75 Å². The van der Waals surface area contributed by atoms with Crippen molar-refractivity contribution in [2.45, 2.75) is 51.2 Å². The number of ether oxygens (including phenoxy) is 2. The first kappa shape index (κ1) is 22.5. The molecular weight excluding hydrogens is 398 g/mol. The third-order valence-corrected chi connectivity index (χ3v) is 6.29. The van der Waals surface area contributed by atoms with E-state index in [0.29, 0.717) is 19.6 Å². The highest BCUT2D eigenvalue weighted by Crippen LogP contribution is 2.39. The van der Waals surface area contributed by atoms with E-state index in [4.69, 9.17) is 9.47 Å². The number of nitrogens with zero attached hydrogens (tertiary/aromatic N) is 1. The zero-order valence-electron chi connectivity index (χ0n) is 18.9. The number of aliphatic hydroxyl groups excluding tert-OH is 1. The van der Waals surface area contributed by atoms with Crippen LogP contribution in [0.4, 0.5) is 0 Å². The van der Waals surface area contributed by atoms with Gasteiger partial charge < -0.3 is 14.6 Å². The van der Waals surface area contributed by atoms with Gasteiger partial charge in [0.2, 0.25) is 0 Å². The van der Waals surface area contributed by atoms with Crippen LogP contribution in [0.2, 0.25) is 0 Å². The van der Waals surface area contributed by atoms with Gasteiger partial charge in [-0.25, -0.2) is 0 Å². The van der Waals surface area contributed by atoms with Crippen molar-refractivity contribution in [2.75, 3.05) is 13.2 Å². The standard InChI is InChI=1S/C28H33NO3/c1-3-31-26-18-27(30)28(29(19-26)21(2)23-12-8-5-9-13-23)24-14-16-25(17-15-24)32-20-22-10-6-4-7-11-22/h4-17,21,26-28,30H,3,18-20H2,1-2H3. The van der Waals surface area contributed by atoms with Gasteiger partial charge in [0.25, 0.3) is 0 Å². The van der Waals surface area contributed by atoms with E-state index in [1.165, 1.54) is 5.56 Å². The first-order valence-corrected chi connectivity index (χ1v) is 11.5. The van der Waals surface area contributed by atoms with Gasteiger partial charge in [-0.05, 0) is 42.7 Å². The lowest BCUT2D eigenvalue weighted by Gasteiger charge is -2.46. The number of likely N-dealkylation sites (tertiary alicyclic amines) is 1. The minimum atomic E-state index is -0.498. The van der Waals surface area contributed by atoms with Crippen LogP contribution in [0.1, 0.15) is 49.0 Å².